The molecule has 2 aromatic carbocycles. The van der Waals surface area contributed by atoms with Crippen molar-refractivity contribution in [3.8, 4) is 29.0 Å². The number of carbonyl (C=O) groups excluding carboxylic acids is 1. The van der Waals surface area contributed by atoms with E-state index in [0.29, 0.717) is 21.8 Å². The Kier molecular flexibility index (Phi) is 5.58. The average Bonchev–Trinajstić information content (AvgIpc) is 3.20. The van der Waals surface area contributed by atoms with Crippen molar-refractivity contribution < 1.29 is 9.18 Å². The first kappa shape index (κ1) is 19.8. The smallest absolute Gasteiger partial charge is 0.284 e. The van der Waals surface area contributed by atoms with E-state index in [-0.39, 0.29) is 17.0 Å². The second-order valence-electron chi connectivity index (χ2n) is 6.65. The van der Waals surface area contributed by atoms with E-state index in [2.05, 4.69) is 27.5 Å². The van der Waals surface area contributed by atoms with Crippen LogP contribution in [-0.4, -0.2) is 17.4 Å². The summed E-state index contributed by atoms with van der Waals surface area (Å²) in [5, 5.41) is 15.7. The number of thiazole rings is 1. The van der Waals surface area contributed by atoms with Crippen LogP contribution in [0.1, 0.15) is 38.4 Å². The Bertz CT molecular complexity index is 1220. The highest BCUT2D eigenvalue weighted by Crippen LogP contribution is 2.32. The third-order valence-electron chi connectivity index (χ3n) is 4.77. The van der Waals surface area contributed by atoms with E-state index < -0.39 is 5.82 Å². The summed E-state index contributed by atoms with van der Waals surface area (Å²) in [6, 6.07) is 11.7. The zero-order chi connectivity index (χ0) is 21.1. The van der Waals surface area contributed by atoms with Crippen molar-refractivity contribution in [1.82, 2.24) is 10.3 Å². The van der Waals surface area contributed by atoms with Gasteiger partial charge in [0.15, 0.2) is 5.01 Å². The largest absolute Gasteiger partial charge is 0.319 e. The number of halogens is 1. The molecule has 0 fully saturated rings. The summed E-state index contributed by atoms with van der Waals surface area (Å²) in [4.78, 5) is 18.4. The molecule has 5 nitrogen and oxygen atoms in total. The molecule has 4 rings (SSSR count). The van der Waals surface area contributed by atoms with Gasteiger partial charge in [0.1, 0.15) is 11.9 Å². The van der Waals surface area contributed by atoms with Crippen LogP contribution in [0.25, 0.3) is 11.1 Å². The van der Waals surface area contributed by atoms with Crippen LogP contribution in [0.4, 0.5) is 10.1 Å². The summed E-state index contributed by atoms with van der Waals surface area (Å²) in [5.41, 5.74) is 2.66. The SMILES string of the molecule is CC#Cc1c(NC(=O)c2nc3c(s2)CNCC3)cccc1-c1cccc(C#N)c1F. The summed E-state index contributed by atoms with van der Waals surface area (Å²) in [5.74, 6) is 4.87. The van der Waals surface area contributed by atoms with E-state index in [1.165, 1.54) is 17.4 Å². The van der Waals surface area contributed by atoms with Gasteiger partial charge in [-0.3, -0.25) is 4.79 Å². The van der Waals surface area contributed by atoms with E-state index in [0.717, 1.165) is 30.1 Å². The van der Waals surface area contributed by atoms with Gasteiger partial charge < -0.3 is 10.6 Å². The second kappa shape index (κ2) is 8.46. The van der Waals surface area contributed by atoms with Crippen molar-refractivity contribution in [3.05, 3.63) is 68.9 Å². The van der Waals surface area contributed by atoms with Gasteiger partial charge in [0.25, 0.3) is 5.91 Å². The monoisotopic (exact) mass is 416 g/mol. The molecule has 0 bridgehead atoms. The number of benzene rings is 2. The highest BCUT2D eigenvalue weighted by atomic mass is 32.1. The number of fused-ring (bicyclic) bond motifs is 1. The maximum atomic E-state index is 14.8. The predicted molar refractivity (Wildman–Crippen MR) is 115 cm³/mol. The van der Waals surface area contributed by atoms with Gasteiger partial charge in [0.2, 0.25) is 0 Å². The minimum absolute atomic E-state index is 0.0423. The van der Waals surface area contributed by atoms with Crippen LogP contribution < -0.4 is 10.6 Å². The van der Waals surface area contributed by atoms with Gasteiger partial charge in [-0.25, -0.2) is 9.37 Å². The Labute approximate surface area is 177 Å². The van der Waals surface area contributed by atoms with Gasteiger partial charge in [0.05, 0.1) is 22.5 Å². The minimum atomic E-state index is -0.609. The van der Waals surface area contributed by atoms with Crippen molar-refractivity contribution >= 4 is 22.9 Å². The molecule has 0 saturated heterocycles. The number of nitrogens with one attached hydrogen (secondary N) is 2. The normalized spacial score (nSPS) is 12.3. The lowest BCUT2D eigenvalue weighted by atomic mass is 9.96. The van der Waals surface area contributed by atoms with E-state index >= 15 is 0 Å². The molecule has 0 unspecified atom stereocenters. The molecule has 0 atom stereocenters. The molecule has 148 valence electrons. The van der Waals surface area contributed by atoms with Crippen LogP contribution >= 0.6 is 11.3 Å². The zero-order valence-electron chi connectivity index (χ0n) is 16.2. The molecule has 0 aliphatic carbocycles. The first-order valence-electron chi connectivity index (χ1n) is 9.37. The first-order valence-corrected chi connectivity index (χ1v) is 10.2. The Balaban J connectivity index is 1.73. The number of carbonyl (C=O) groups is 1. The van der Waals surface area contributed by atoms with Crippen LogP contribution in [0.5, 0.6) is 0 Å². The Hall–Kier alpha value is -3.52. The minimum Gasteiger partial charge on any atom is -0.319 e. The quantitative estimate of drug-likeness (QED) is 0.631. The summed E-state index contributed by atoms with van der Waals surface area (Å²) in [6.07, 6.45) is 0.801. The summed E-state index contributed by atoms with van der Waals surface area (Å²) in [7, 11) is 0. The number of aromatic nitrogens is 1. The number of hydrogen-bond donors (Lipinski definition) is 2. The molecule has 2 heterocycles. The molecule has 30 heavy (non-hydrogen) atoms. The molecule has 7 heteroatoms. The maximum Gasteiger partial charge on any atom is 0.284 e. The topological polar surface area (TPSA) is 77.8 Å². The molecule has 0 spiro atoms. The van der Waals surface area contributed by atoms with Crippen LogP contribution in [0, 0.1) is 29.0 Å². The number of rotatable bonds is 3. The third kappa shape index (κ3) is 3.69. The molecule has 1 aromatic heterocycles. The maximum absolute atomic E-state index is 14.8. The van der Waals surface area contributed by atoms with E-state index in [9.17, 15) is 9.18 Å². The lowest BCUT2D eigenvalue weighted by molar-refractivity contribution is 0.102. The third-order valence-corrected chi connectivity index (χ3v) is 5.87. The molecule has 1 aliphatic rings. The lowest BCUT2D eigenvalue weighted by Crippen LogP contribution is -2.22. The number of amides is 1. The van der Waals surface area contributed by atoms with Gasteiger partial charge >= 0.3 is 0 Å². The summed E-state index contributed by atoms with van der Waals surface area (Å²) >= 11 is 1.37. The Morgan fingerprint density at radius 3 is 2.83 bits per heavy atom. The molecule has 1 aliphatic heterocycles. The number of nitrogens with zero attached hydrogens (tertiary/aromatic N) is 2. The Morgan fingerprint density at radius 2 is 2.07 bits per heavy atom. The van der Waals surface area contributed by atoms with Crippen molar-refractivity contribution in [1.29, 1.82) is 5.26 Å². The van der Waals surface area contributed by atoms with Gasteiger partial charge in [-0.05, 0) is 19.1 Å². The summed E-state index contributed by atoms with van der Waals surface area (Å²) < 4.78 is 14.8. The van der Waals surface area contributed by atoms with Crippen LogP contribution in [0.15, 0.2) is 36.4 Å². The van der Waals surface area contributed by atoms with Crippen molar-refractivity contribution in [3.63, 3.8) is 0 Å². The highest BCUT2D eigenvalue weighted by molar-refractivity contribution is 7.13. The molecule has 1 amide bonds. The number of hydrogen-bond acceptors (Lipinski definition) is 5. The molecular formula is C23H17FN4OS. The van der Waals surface area contributed by atoms with Crippen molar-refractivity contribution in [2.45, 2.75) is 19.9 Å². The molecule has 0 radical (unpaired) electrons. The van der Waals surface area contributed by atoms with E-state index in [4.69, 9.17) is 5.26 Å². The van der Waals surface area contributed by atoms with Gasteiger partial charge in [0, 0.05) is 35.5 Å². The number of anilines is 1. The van der Waals surface area contributed by atoms with Gasteiger partial charge in [-0.2, -0.15) is 5.26 Å². The second-order valence-corrected chi connectivity index (χ2v) is 7.74. The van der Waals surface area contributed by atoms with E-state index in [1.54, 1.807) is 37.3 Å². The van der Waals surface area contributed by atoms with Crippen LogP contribution in [0.2, 0.25) is 0 Å². The number of nitriles is 1. The van der Waals surface area contributed by atoms with Crippen molar-refractivity contribution in [2.24, 2.45) is 0 Å². The molecule has 0 saturated carbocycles. The first-order chi connectivity index (χ1) is 14.6. The Morgan fingerprint density at radius 1 is 1.27 bits per heavy atom. The zero-order valence-corrected chi connectivity index (χ0v) is 17.0. The summed E-state index contributed by atoms with van der Waals surface area (Å²) in [6.45, 7) is 3.24. The van der Waals surface area contributed by atoms with Crippen LogP contribution in [0.3, 0.4) is 0 Å². The predicted octanol–water partition coefficient (Wildman–Crippen LogP) is 4.09. The van der Waals surface area contributed by atoms with E-state index in [1.807, 2.05) is 6.07 Å². The van der Waals surface area contributed by atoms with Gasteiger partial charge in [-0.15, -0.1) is 17.3 Å². The fraction of sp³-hybridized carbons (Fsp3) is 0.174. The molecule has 2 N–H and O–H groups in total. The van der Waals surface area contributed by atoms with Crippen molar-refractivity contribution in [2.75, 3.05) is 11.9 Å². The molecule has 3 aromatic rings. The van der Waals surface area contributed by atoms with Gasteiger partial charge in [-0.1, -0.05) is 30.2 Å². The standard InChI is InChI=1S/C23H17FN4OS/c1-2-5-16-15(17-8-3-6-14(12-25)21(17)24)7-4-9-18(16)27-22(29)23-28-19-10-11-26-13-20(19)30-23/h3-4,6-9,26H,10-11,13H2,1H3,(H,27,29). The van der Waals surface area contributed by atoms with Crippen LogP contribution in [-0.2, 0) is 13.0 Å². The fourth-order valence-electron chi connectivity index (χ4n) is 3.37. The highest BCUT2D eigenvalue weighted by Gasteiger charge is 2.21. The fourth-order valence-corrected chi connectivity index (χ4v) is 4.34. The average molecular weight is 416 g/mol. The lowest BCUT2D eigenvalue weighted by Gasteiger charge is -2.12. The molecular weight excluding hydrogens is 399 g/mol.